The summed E-state index contributed by atoms with van der Waals surface area (Å²) >= 11 is 0. The number of H-pyrrole nitrogens is 1. The number of aromatic hydroxyl groups is 1. The number of rotatable bonds is 3. The van der Waals surface area contributed by atoms with E-state index in [1.807, 2.05) is 0 Å². The number of carbonyl (C=O) groups is 2. The normalized spacial score (nSPS) is 10.2. The van der Waals surface area contributed by atoms with E-state index in [9.17, 15) is 14.7 Å². The SMILES string of the molecule is Cc1[nH]ncc1C(=O)Nc1ccc(C(=O)O)c(O)c1. The molecule has 0 bridgehead atoms. The maximum Gasteiger partial charge on any atom is 0.339 e. The molecule has 0 aliphatic carbocycles. The minimum Gasteiger partial charge on any atom is -0.507 e. The quantitative estimate of drug-likeness (QED) is 0.666. The molecule has 7 heteroatoms. The van der Waals surface area contributed by atoms with E-state index in [-0.39, 0.29) is 5.56 Å². The van der Waals surface area contributed by atoms with Crippen molar-refractivity contribution in [3.63, 3.8) is 0 Å². The van der Waals surface area contributed by atoms with Crippen LogP contribution < -0.4 is 5.32 Å². The molecule has 0 saturated carbocycles. The van der Waals surface area contributed by atoms with E-state index in [1.165, 1.54) is 24.4 Å². The van der Waals surface area contributed by atoms with E-state index < -0.39 is 17.6 Å². The van der Waals surface area contributed by atoms with Gasteiger partial charge in [-0.2, -0.15) is 5.10 Å². The van der Waals surface area contributed by atoms with Crippen LogP contribution in [0.2, 0.25) is 0 Å². The number of nitrogens with one attached hydrogen (secondary N) is 2. The van der Waals surface area contributed by atoms with Crippen LogP contribution in [0.15, 0.2) is 24.4 Å². The highest BCUT2D eigenvalue weighted by atomic mass is 16.4. The summed E-state index contributed by atoms with van der Waals surface area (Å²) in [4.78, 5) is 22.6. The Labute approximate surface area is 107 Å². The maximum atomic E-state index is 11.9. The number of aromatic carboxylic acids is 1. The number of carboxylic acids is 1. The number of hydrogen-bond donors (Lipinski definition) is 4. The molecule has 0 saturated heterocycles. The zero-order valence-corrected chi connectivity index (χ0v) is 9.97. The Morgan fingerprint density at radius 2 is 2.05 bits per heavy atom. The number of anilines is 1. The molecule has 98 valence electrons. The first-order valence-electron chi connectivity index (χ1n) is 5.36. The second-order valence-electron chi connectivity index (χ2n) is 3.90. The Morgan fingerprint density at radius 1 is 1.32 bits per heavy atom. The van der Waals surface area contributed by atoms with Gasteiger partial charge in [-0.3, -0.25) is 9.89 Å². The molecule has 1 amide bonds. The highest BCUT2D eigenvalue weighted by molar-refractivity contribution is 6.05. The molecule has 19 heavy (non-hydrogen) atoms. The molecular weight excluding hydrogens is 250 g/mol. The molecule has 4 N–H and O–H groups in total. The first-order chi connectivity index (χ1) is 8.99. The van der Waals surface area contributed by atoms with E-state index in [1.54, 1.807) is 6.92 Å². The third-order valence-corrected chi connectivity index (χ3v) is 2.56. The van der Waals surface area contributed by atoms with Gasteiger partial charge in [-0.05, 0) is 19.1 Å². The van der Waals surface area contributed by atoms with E-state index in [2.05, 4.69) is 15.5 Å². The molecule has 7 nitrogen and oxygen atoms in total. The zero-order valence-electron chi connectivity index (χ0n) is 9.97. The number of hydrogen-bond acceptors (Lipinski definition) is 4. The number of amides is 1. The lowest BCUT2D eigenvalue weighted by atomic mass is 10.1. The summed E-state index contributed by atoms with van der Waals surface area (Å²) in [7, 11) is 0. The van der Waals surface area contributed by atoms with Gasteiger partial charge in [0.1, 0.15) is 11.3 Å². The molecular formula is C12H11N3O4. The molecule has 0 aliphatic rings. The molecule has 0 atom stereocenters. The van der Waals surface area contributed by atoms with E-state index >= 15 is 0 Å². The maximum absolute atomic E-state index is 11.9. The first kappa shape index (κ1) is 12.6. The van der Waals surface area contributed by atoms with E-state index in [4.69, 9.17) is 5.11 Å². The Hall–Kier alpha value is -2.83. The van der Waals surface area contributed by atoms with Crippen LogP contribution in [0.3, 0.4) is 0 Å². The number of nitrogens with zero attached hydrogens (tertiary/aromatic N) is 1. The summed E-state index contributed by atoms with van der Waals surface area (Å²) in [5.74, 6) is -2.04. The lowest BCUT2D eigenvalue weighted by molar-refractivity contribution is 0.0693. The predicted molar refractivity (Wildman–Crippen MR) is 66.3 cm³/mol. The number of aromatic amines is 1. The predicted octanol–water partition coefficient (Wildman–Crippen LogP) is 1.37. The number of carbonyl (C=O) groups excluding carboxylic acids is 1. The second kappa shape index (κ2) is 4.81. The summed E-state index contributed by atoms with van der Waals surface area (Å²) in [6, 6.07) is 3.79. The highest BCUT2D eigenvalue weighted by Gasteiger charge is 2.13. The van der Waals surface area contributed by atoms with Gasteiger partial charge in [0.15, 0.2) is 0 Å². The zero-order chi connectivity index (χ0) is 14.0. The molecule has 0 unspecified atom stereocenters. The molecule has 0 radical (unpaired) electrons. The van der Waals surface area contributed by atoms with Crippen molar-refractivity contribution in [3.05, 3.63) is 41.2 Å². The fourth-order valence-corrected chi connectivity index (χ4v) is 1.57. The number of aryl methyl sites for hydroxylation is 1. The minimum absolute atomic E-state index is 0.225. The Bertz CT molecular complexity index is 648. The van der Waals surface area contributed by atoms with Gasteiger partial charge in [0.2, 0.25) is 0 Å². The monoisotopic (exact) mass is 261 g/mol. The van der Waals surface area contributed by atoms with Gasteiger partial charge in [-0.15, -0.1) is 0 Å². The van der Waals surface area contributed by atoms with Crippen LogP contribution in [0.4, 0.5) is 5.69 Å². The highest BCUT2D eigenvalue weighted by Crippen LogP contribution is 2.22. The summed E-state index contributed by atoms with van der Waals surface area (Å²) < 4.78 is 0. The minimum atomic E-state index is -1.24. The molecule has 0 spiro atoms. The van der Waals surface area contributed by atoms with Crippen LogP contribution in [0, 0.1) is 6.92 Å². The third kappa shape index (κ3) is 2.54. The second-order valence-corrected chi connectivity index (χ2v) is 3.90. The molecule has 2 aromatic rings. The van der Waals surface area contributed by atoms with Gasteiger partial charge >= 0.3 is 5.97 Å². The topological polar surface area (TPSA) is 115 Å². The van der Waals surface area contributed by atoms with Crippen molar-refractivity contribution in [1.82, 2.24) is 10.2 Å². The standard InChI is InChI=1S/C12H11N3O4/c1-6-9(5-13-15-6)11(17)14-7-2-3-8(12(18)19)10(16)4-7/h2-5,16H,1H3,(H,13,15)(H,14,17)(H,18,19). The molecule has 2 rings (SSSR count). The van der Waals surface area contributed by atoms with Crippen LogP contribution >= 0.6 is 0 Å². The van der Waals surface area contributed by atoms with Crippen molar-refractivity contribution in [2.75, 3.05) is 5.32 Å². The molecule has 0 aliphatic heterocycles. The van der Waals surface area contributed by atoms with Gasteiger partial charge in [0.25, 0.3) is 5.91 Å². The Morgan fingerprint density at radius 3 is 2.58 bits per heavy atom. The Balaban J connectivity index is 2.21. The van der Waals surface area contributed by atoms with Crippen LogP contribution in [-0.2, 0) is 0 Å². The summed E-state index contributed by atoms with van der Waals surface area (Å²) in [5, 5.41) is 27.2. The van der Waals surface area contributed by atoms with Crippen LogP contribution in [0.25, 0.3) is 0 Å². The van der Waals surface area contributed by atoms with Crippen molar-refractivity contribution in [2.45, 2.75) is 6.92 Å². The fourth-order valence-electron chi connectivity index (χ4n) is 1.57. The third-order valence-electron chi connectivity index (χ3n) is 2.56. The molecule has 1 aromatic carbocycles. The molecule has 0 fully saturated rings. The van der Waals surface area contributed by atoms with Gasteiger partial charge < -0.3 is 15.5 Å². The smallest absolute Gasteiger partial charge is 0.339 e. The van der Waals surface area contributed by atoms with Gasteiger partial charge in [-0.1, -0.05) is 0 Å². The van der Waals surface area contributed by atoms with E-state index in [0.717, 1.165) is 0 Å². The van der Waals surface area contributed by atoms with Crippen molar-refractivity contribution in [1.29, 1.82) is 0 Å². The van der Waals surface area contributed by atoms with E-state index in [0.29, 0.717) is 16.9 Å². The fraction of sp³-hybridized carbons (Fsp3) is 0.0833. The number of aromatic nitrogens is 2. The average molecular weight is 261 g/mol. The van der Waals surface area contributed by atoms with Gasteiger partial charge in [0, 0.05) is 17.4 Å². The van der Waals surface area contributed by atoms with Crippen molar-refractivity contribution in [2.24, 2.45) is 0 Å². The van der Waals surface area contributed by atoms with Gasteiger partial charge in [0.05, 0.1) is 11.8 Å². The summed E-state index contributed by atoms with van der Waals surface area (Å²) in [6.45, 7) is 1.70. The first-order valence-corrected chi connectivity index (χ1v) is 5.36. The Kier molecular flexibility index (Phi) is 3.19. The number of carboxylic acid groups (broad SMARTS) is 1. The largest absolute Gasteiger partial charge is 0.507 e. The molecule has 1 heterocycles. The van der Waals surface area contributed by atoms with Crippen molar-refractivity contribution in [3.8, 4) is 5.75 Å². The number of benzene rings is 1. The summed E-state index contributed by atoms with van der Waals surface area (Å²) in [5.41, 5.74) is 1.07. The lowest BCUT2D eigenvalue weighted by Gasteiger charge is -2.06. The summed E-state index contributed by atoms with van der Waals surface area (Å²) in [6.07, 6.45) is 1.39. The van der Waals surface area contributed by atoms with Crippen LogP contribution in [0.1, 0.15) is 26.4 Å². The number of phenols is 1. The van der Waals surface area contributed by atoms with Crippen LogP contribution in [0.5, 0.6) is 5.75 Å². The lowest BCUT2D eigenvalue weighted by Crippen LogP contribution is -2.12. The average Bonchev–Trinajstić information content (AvgIpc) is 2.75. The van der Waals surface area contributed by atoms with Crippen molar-refractivity contribution >= 4 is 17.6 Å². The molecule has 1 aromatic heterocycles. The van der Waals surface area contributed by atoms with Crippen molar-refractivity contribution < 1.29 is 19.8 Å². The van der Waals surface area contributed by atoms with Crippen LogP contribution in [-0.4, -0.2) is 32.3 Å². The van der Waals surface area contributed by atoms with Gasteiger partial charge in [-0.25, -0.2) is 4.79 Å².